The van der Waals surface area contributed by atoms with Crippen LogP contribution < -0.4 is 10.6 Å². The molecule has 1 aliphatic heterocycles. The maximum Gasteiger partial charge on any atom is 0.191 e. The first-order valence-electron chi connectivity index (χ1n) is 7.01. The molecule has 17 heavy (non-hydrogen) atoms. The van der Waals surface area contributed by atoms with Gasteiger partial charge in [0.2, 0.25) is 0 Å². The molecule has 0 aromatic rings. The number of guanidine groups is 1. The minimum Gasteiger partial charge on any atom is -0.376 e. The van der Waals surface area contributed by atoms with Gasteiger partial charge in [-0.25, -0.2) is 0 Å². The zero-order valence-corrected chi connectivity index (χ0v) is 10.9. The molecule has 0 bridgehead atoms. The van der Waals surface area contributed by atoms with Crippen LogP contribution in [-0.4, -0.2) is 37.8 Å². The molecule has 2 rings (SSSR count). The van der Waals surface area contributed by atoms with E-state index in [9.17, 15) is 0 Å². The van der Waals surface area contributed by atoms with E-state index < -0.39 is 0 Å². The monoisotopic (exact) mass is 239 g/mol. The highest BCUT2D eigenvalue weighted by atomic mass is 16.5. The molecule has 1 aliphatic carbocycles. The van der Waals surface area contributed by atoms with Gasteiger partial charge in [-0.15, -0.1) is 0 Å². The van der Waals surface area contributed by atoms with Gasteiger partial charge in [0, 0.05) is 12.6 Å². The highest BCUT2D eigenvalue weighted by Gasteiger charge is 2.13. The Morgan fingerprint density at radius 3 is 2.71 bits per heavy atom. The van der Waals surface area contributed by atoms with Crippen molar-refractivity contribution < 1.29 is 4.74 Å². The summed E-state index contributed by atoms with van der Waals surface area (Å²) in [5.41, 5.74) is 0. The highest BCUT2D eigenvalue weighted by Crippen LogP contribution is 2.19. The lowest BCUT2D eigenvalue weighted by Gasteiger charge is -2.16. The molecule has 2 aliphatic rings. The second-order valence-corrected chi connectivity index (χ2v) is 5.15. The third-order valence-corrected chi connectivity index (χ3v) is 3.46. The third kappa shape index (κ3) is 4.54. The van der Waals surface area contributed by atoms with Crippen LogP contribution in [-0.2, 0) is 4.74 Å². The molecule has 1 fully saturated rings. The van der Waals surface area contributed by atoms with E-state index >= 15 is 0 Å². The first kappa shape index (κ1) is 12.7. The number of ether oxygens (including phenoxy) is 1. The van der Waals surface area contributed by atoms with Crippen LogP contribution in [0, 0.1) is 0 Å². The Kier molecular flexibility index (Phi) is 5.10. The molecule has 0 saturated heterocycles. The Morgan fingerprint density at radius 2 is 2.06 bits per heavy atom. The third-order valence-electron chi connectivity index (χ3n) is 3.46. The van der Waals surface area contributed by atoms with Crippen LogP contribution in [0.5, 0.6) is 0 Å². The molecule has 2 N–H and O–H groups in total. The molecule has 0 radical (unpaired) electrons. The Morgan fingerprint density at radius 1 is 1.29 bits per heavy atom. The Balaban J connectivity index is 1.53. The van der Waals surface area contributed by atoms with E-state index in [0.29, 0.717) is 12.1 Å². The van der Waals surface area contributed by atoms with Gasteiger partial charge in [0.15, 0.2) is 5.96 Å². The van der Waals surface area contributed by atoms with Gasteiger partial charge in [0.25, 0.3) is 0 Å². The molecule has 0 amide bonds. The Bertz CT molecular complexity index is 247. The molecular weight excluding hydrogens is 214 g/mol. The summed E-state index contributed by atoms with van der Waals surface area (Å²) in [5, 5.41) is 6.57. The van der Waals surface area contributed by atoms with Gasteiger partial charge in [-0.3, -0.25) is 4.99 Å². The van der Waals surface area contributed by atoms with Crippen molar-refractivity contribution >= 4 is 5.96 Å². The number of hydrogen-bond acceptors (Lipinski definition) is 4. The zero-order chi connectivity index (χ0) is 11.9. The van der Waals surface area contributed by atoms with Gasteiger partial charge in [-0.2, -0.15) is 0 Å². The maximum atomic E-state index is 5.90. The molecular formula is C13H25N3O. The van der Waals surface area contributed by atoms with Crippen molar-refractivity contribution in [2.24, 2.45) is 4.99 Å². The molecule has 1 saturated carbocycles. The largest absolute Gasteiger partial charge is 0.376 e. The number of rotatable bonds is 4. The minimum atomic E-state index is 0.472. The van der Waals surface area contributed by atoms with Crippen LogP contribution in [0.1, 0.15) is 45.4 Å². The fourth-order valence-electron chi connectivity index (χ4n) is 2.46. The van der Waals surface area contributed by atoms with Gasteiger partial charge in [-0.1, -0.05) is 25.7 Å². The summed E-state index contributed by atoms with van der Waals surface area (Å²) < 4.78 is 5.90. The van der Waals surface area contributed by atoms with Crippen LogP contribution >= 0.6 is 0 Å². The summed E-state index contributed by atoms with van der Waals surface area (Å²) in [4.78, 5) is 4.35. The molecule has 0 spiro atoms. The van der Waals surface area contributed by atoms with Gasteiger partial charge in [0.1, 0.15) is 0 Å². The summed E-state index contributed by atoms with van der Waals surface area (Å²) in [6.07, 6.45) is 8.44. The van der Waals surface area contributed by atoms with Gasteiger partial charge in [0.05, 0.1) is 19.3 Å². The average molecular weight is 239 g/mol. The van der Waals surface area contributed by atoms with Gasteiger partial charge in [-0.05, 0) is 19.8 Å². The van der Waals surface area contributed by atoms with Crippen molar-refractivity contribution in [3.05, 3.63) is 0 Å². The SMILES string of the molecule is CC1CN=C(NCCOC2CCCCCC2)N1. The molecule has 0 aromatic heterocycles. The molecule has 1 atom stereocenters. The molecule has 4 heteroatoms. The van der Waals surface area contributed by atoms with Crippen LogP contribution in [0.15, 0.2) is 4.99 Å². The average Bonchev–Trinajstić information content (AvgIpc) is 2.59. The van der Waals surface area contributed by atoms with Crippen LogP contribution in [0.2, 0.25) is 0 Å². The van der Waals surface area contributed by atoms with Crippen molar-refractivity contribution in [2.45, 2.75) is 57.6 Å². The first-order chi connectivity index (χ1) is 8.34. The van der Waals surface area contributed by atoms with E-state index in [1.54, 1.807) is 0 Å². The summed E-state index contributed by atoms with van der Waals surface area (Å²) in [5.74, 6) is 0.932. The molecule has 98 valence electrons. The quantitative estimate of drug-likeness (QED) is 0.579. The lowest BCUT2D eigenvalue weighted by Crippen LogP contribution is -2.39. The van der Waals surface area contributed by atoms with Crippen LogP contribution in [0.25, 0.3) is 0 Å². The van der Waals surface area contributed by atoms with E-state index in [-0.39, 0.29) is 0 Å². The summed E-state index contributed by atoms with van der Waals surface area (Å²) in [7, 11) is 0. The van der Waals surface area contributed by atoms with Crippen molar-refractivity contribution in [1.82, 2.24) is 10.6 Å². The van der Waals surface area contributed by atoms with E-state index in [0.717, 1.165) is 25.7 Å². The molecule has 1 unspecified atom stereocenters. The lowest BCUT2D eigenvalue weighted by molar-refractivity contribution is 0.0468. The summed E-state index contributed by atoms with van der Waals surface area (Å²) >= 11 is 0. The standard InChI is InChI=1S/C13H25N3O/c1-11-10-15-13(16-11)14-8-9-17-12-6-4-2-3-5-7-12/h11-12H,2-10H2,1H3,(H2,14,15,16). The fourth-order valence-corrected chi connectivity index (χ4v) is 2.46. The van der Waals surface area contributed by atoms with Crippen molar-refractivity contribution in [2.75, 3.05) is 19.7 Å². The van der Waals surface area contributed by atoms with Crippen LogP contribution in [0.4, 0.5) is 0 Å². The number of aliphatic imine (C=N–C) groups is 1. The van der Waals surface area contributed by atoms with Crippen LogP contribution in [0.3, 0.4) is 0 Å². The molecule has 4 nitrogen and oxygen atoms in total. The first-order valence-corrected chi connectivity index (χ1v) is 7.01. The topological polar surface area (TPSA) is 45.7 Å². The van der Waals surface area contributed by atoms with E-state index in [1.165, 1.54) is 38.5 Å². The van der Waals surface area contributed by atoms with E-state index in [1.807, 2.05) is 0 Å². The summed E-state index contributed by atoms with van der Waals surface area (Å²) in [6, 6.07) is 0.472. The number of nitrogens with one attached hydrogen (secondary N) is 2. The van der Waals surface area contributed by atoms with Gasteiger partial charge >= 0.3 is 0 Å². The van der Waals surface area contributed by atoms with Gasteiger partial charge < -0.3 is 15.4 Å². The van der Waals surface area contributed by atoms with Crippen molar-refractivity contribution in [3.8, 4) is 0 Å². The Hall–Kier alpha value is -0.770. The zero-order valence-electron chi connectivity index (χ0n) is 10.9. The highest BCUT2D eigenvalue weighted by molar-refractivity contribution is 5.81. The van der Waals surface area contributed by atoms with E-state index in [2.05, 4.69) is 22.5 Å². The normalized spacial score (nSPS) is 26.2. The number of nitrogens with zero attached hydrogens (tertiary/aromatic N) is 1. The predicted octanol–water partition coefficient (Wildman–Crippen LogP) is 1.66. The smallest absolute Gasteiger partial charge is 0.191 e. The number of hydrogen-bond donors (Lipinski definition) is 2. The maximum absolute atomic E-state index is 5.90. The second-order valence-electron chi connectivity index (χ2n) is 5.15. The Labute approximate surface area is 104 Å². The second kappa shape index (κ2) is 6.84. The van der Waals surface area contributed by atoms with Crippen molar-refractivity contribution in [1.29, 1.82) is 0 Å². The van der Waals surface area contributed by atoms with Crippen molar-refractivity contribution in [3.63, 3.8) is 0 Å². The minimum absolute atomic E-state index is 0.472. The summed E-state index contributed by atoms with van der Waals surface area (Å²) in [6.45, 7) is 4.67. The molecule has 0 aromatic carbocycles. The lowest BCUT2D eigenvalue weighted by atomic mass is 10.1. The van der Waals surface area contributed by atoms with E-state index in [4.69, 9.17) is 4.74 Å². The predicted molar refractivity (Wildman–Crippen MR) is 70.3 cm³/mol. The fraction of sp³-hybridized carbons (Fsp3) is 0.923. The molecule has 1 heterocycles.